The van der Waals surface area contributed by atoms with Gasteiger partial charge in [-0.2, -0.15) is 0 Å². The van der Waals surface area contributed by atoms with E-state index in [-0.39, 0.29) is 12.5 Å². The minimum absolute atomic E-state index is 0.156. The van der Waals surface area contributed by atoms with Crippen molar-refractivity contribution in [1.29, 1.82) is 0 Å². The molecule has 0 aliphatic carbocycles. The van der Waals surface area contributed by atoms with Crippen LogP contribution in [0.25, 0.3) is 0 Å². The molecule has 0 aromatic heterocycles. The molecule has 0 radical (unpaired) electrons. The number of aliphatic hydroxyl groups is 5. The molecule has 544 valence electrons. The molecule has 1 aliphatic heterocycles. The van der Waals surface area contributed by atoms with Crippen molar-refractivity contribution in [3.8, 4) is 0 Å². The Bertz CT molecular complexity index is 2020. The lowest BCUT2D eigenvalue weighted by atomic mass is 9.99. The summed E-state index contributed by atoms with van der Waals surface area (Å²) in [7, 11) is 0. The van der Waals surface area contributed by atoms with Gasteiger partial charge in [-0.3, -0.25) is 4.79 Å². The van der Waals surface area contributed by atoms with E-state index in [9.17, 15) is 30.3 Å². The Hall–Kier alpha value is -3.93. The van der Waals surface area contributed by atoms with E-state index in [0.717, 1.165) is 128 Å². The molecule has 95 heavy (non-hydrogen) atoms. The Balaban J connectivity index is 2.14. The van der Waals surface area contributed by atoms with Gasteiger partial charge in [0.2, 0.25) is 5.91 Å². The van der Waals surface area contributed by atoms with Crippen LogP contribution in [0.3, 0.4) is 0 Å². The van der Waals surface area contributed by atoms with Crippen molar-refractivity contribution in [2.24, 2.45) is 0 Å². The van der Waals surface area contributed by atoms with Gasteiger partial charge < -0.3 is 40.3 Å². The summed E-state index contributed by atoms with van der Waals surface area (Å²) in [6, 6.07) is -0.746. The summed E-state index contributed by atoms with van der Waals surface area (Å²) in [6.07, 6.45) is 105. The number of carbonyl (C=O) groups is 1. The van der Waals surface area contributed by atoms with Gasteiger partial charge in [0.25, 0.3) is 0 Å². The highest BCUT2D eigenvalue weighted by Crippen LogP contribution is 2.24. The third-order valence-electron chi connectivity index (χ3n) is 18.0. The topological polar surface area (TPSA) is 149 Å². The molecule has 0 aromatic rings. The zero-order valence-corrected chi connectivity index (χ0v) is 61.1. The molecule has 0 bridgehead atoms. The number of amides is 1. The van der Waals surface area contributed by atoms with Crippen LogP contribution in [0, 0.1) is 0 Å². The van der Waals surface area contributed by atoms with Gasteiger partial charge in [0, 0.05) is 6.42 Å². The van der Waals surface area contributed by atoms with Crippen LogP contribution in [0.5, 0.6) is 0 Å². The number of hydrogen-bond donors (Lipinski definition) is 6. The molecule has 1 aliphatic rings. The third kappa shape index (κ3) is 60.9. The first-order chi connectivity index (χ1) is 46.8. The summed E-state index contributed by atoms with van der Waals surface area (Å²) >= 11 is 0. The molecule has 0 aromatic carbocycles. The molecule has 1 amide bonds. The number of hydrogen-bond acceptors (Lipinski definition) is 8. The van der Waals surface area contributed by atoms with E-state index >= 15 is 0 Å². The Kier molecular flexibility index (Phi) is 68.3. The zero-order valence-electron chi connectivity index (χ0n) is 61.1. The van der Waals surface area contributed by atoms with Crippen molar-refractivity contribution < 1.29 is 39.8 Å². The molecular weight excluding hydrogens is 1170 g/mol. The number of carbonyl (C=O) groups excluding carboxylic acids is 1. The second kappa shape index (κ2) is 72.8. The first-order valence-corrected chi connectivity index (χ1v) is 39.5. The van der Waals surface area contributed by atoms with E-state index in [4.69, 9.17) is 9.47 Å². The quantitative estimate of drug-likeness (QED) is 0.0261. The predicted octanol–water partition coefficient (Wildman–Crippen LogP) is 22.9. The van der Waals surface area contributed by atoms with Crippen molar-refractivity contribution in [2.75, 3.05) is 13.2 Å². The molecule has 1 heterocycles. The molecule has 1 rings (SSSR count). The normalized spacial score (nSPS) is 18.3. The number of rotatable bonds is 68. The van der Waals surface area contributed by atoms with Crippen LogP contribution < -0.4 is 5.32 Å². The molecule has 1 fully saturated rings. The summed E-state index contributed by atoms with van der Waals surface area (Å²) in [6.45, 7) is 3.74. The molecule has 9 heteroatoms. The fourth-order valence-corrected chi connectivity index (χ4v) is 11.9. The van der Waals surface area contributed by atoms with Crippen LogP contribution in [0.4, 0.5) is 0 Å². The van der Waals surface area contributed by atoms with E-state index in [1.54, 1.807) is 0 Å². The number of unbranched alkanes of at least 4 members (excludes halogenated alkanes) is 34. The van der Waals surface area contributed by atoms with Gasteiger partial charge in [-0.1, -0.05) is 372 Å². The molecular formula is C86H147NO8. The van der Waals surface area contributed by atoms with Gasteiger partial charge in [0.1, 0.15) is 24.4 Å². The number of aliphatic hydroxyl groups excluding tert-OH is 5. The predicted molar refractivity (Wildman–Crippen MR) is 410 cm³/mol. The summed E-state index contributed by atoms with van der Waals surface area (Å²) < 4.78 is 11.4. The van der Waals surface area contributed by atoms with E-state index in [1.807, 2.05) is 0 Å². The second-order valence-electron chi connectivity index (χ2n) is 26.8. The SMILES string of the molecule is CC/C=C\C/C=C\C/C=C\C/C=C\C/C=C\C/C=C\C/C=C\C/C=C\C/C=C\C/C=C\C/C=C\C/C=C\CCCCCCC(=O)NC(COC1OC(CO)C(O)C(O)C1O)C(O)CCCCCCCCCCCCCCCCCCCCCCCCCCCCCCCCC. The van der Waals surface area contributed by atoms with Crippen LogP contribution in [-0.4, -0.2) is 87.5 Å². The maximum atomic E-state index is 13.2. The largest absolute Gasteiger partial charge is 0.394 e. The molecule has 0 saturated carbocycles. The van der Waals surface area contributed by atoms with Crippen LogP contribution in [-0.2, 0) is 14.3 Å². The zero-order chi connectivity index (χ0) is 68.5. The maximum Gasteiger partial charge on any atom is 0.220 e. The average Bonchev–Trinajstić information content (AvgIpc) is 0.836. The van der Waals surface area contributed by atoms with Crippen molar-refractivity contribution in [1.82, 2.24) is 5.32 Å². The molecule has 9 nitrogen and oxygen atoms in total. The van der Waals surface area contributed by atoms with Gasteiger partial charge >= 0.3 is 0 Å². The second-order valence-corrected chi connectivity index (χ2v) is 26.8. The van der Waals surface area contributed by atoms with Crippen molar-refractivity contribution >= 4 is 5.91 Å². The summed E-state index contributed by atoms with van der Waals surface area (Å²) in [5.41, 5.74) is 0. The third-order valence-corrected chi connectivity index (χ3v) is 18.0. The van der Waals surface area contributed by atoms with Crippen LogP contribution in [0.2, 0.25) is 0 Å². The Labute approximate surface area is 584 Å². The number of nitrogens with one attached hydrogen (secondary N) is 1. The van der Waals surface area contributed by atoms with Crippen molar-refractivity contribution in [3.63, 3.8) is 0 Å². The summed E-state index contributed by atoms with van der Waals surface area (Å²) in [5.74, 6) is -0.170. The van der Waals surface area contributed by atoms with E-state index in [1.165, 1.54) is 180 Å². The maximum absolute atomic E-state index is 13.2. The van der Waals surface area contributed by atoms with Crippen molar-refractivity contribution in [2.45, 2.75) is 378 Å². The van der Waals surface area contributed by atoms with Crippen molar-refractivity contribution in [3.05, 3.63) is 146 Å². The highest BCUT2D eigenvalue weighted by molar-refractivity contribution is 5.76. The molecule has 1 saturated heterocycles. The Morgan fingerprint density at radius 3 is 0.968 bits per heavy atom. The van der Waals surface area contributed by atoms with Crippen LogP contribution in [0.15, 0.2) is 146 Å². The van der Waals surface area contributed by atoms with Gasteiger partial charge in [-0.15, -0.1) is 0 Å². The Morgan fingerprint density at radius 2 is 0.653 bits per heavy atom. The smallest absolute Gasteiger partial charge is 0.220 e. The standard InChI is InChI=1S/C86H147NO8/c1-3-5-7-9-11-13-15-17-19-21-23-25-27-29-31-33-35-36-37-38-39-40-41-42-43-44-46-48-50-52-54-56-58-60-62-64-66-68-70-72-74-76-82(90)87-79(78-94-86-85(93)84(92)83(91)81(77-88)95-86)80(89)75-73-71-69-67-65-63-61-59-57-55-53-51-49-47-45-34-32-30-28-26-24-22-20-18-16-14-12-10-8-6-4-2/h5,7,11,13,17,19,23,25,29,31,35-36,38-39,41-42,44,46,50,52,56,58,62,64,79-81,83-86,88-89,91-93H,3-4,6,8-10,12,14-16,18,20-22,24,26-28,30,32-34,37,40,43,45,47-49,51,53-55,57,59-61,63,65-78H2,1-2H3,(H,87,90)/b7-5-,13-11-,19-17-,25-23-,31-29-,36-35-,39-38-,42-41-,46-44-,52-50-,58-56-,64-62-. The fourth-order valence-electron chi connectivity index (χ4n) is 11.9. The lowest BCUT2D eigenvalue weighted by Gasteiger charge is -2.40. The van der Waals surface area contributed by atoms with Gasteiger partial charge in [0.05, 0.1) is 25.4 Å². The molecule has 0 spiro atoms. The first kappa shape index (κ1) is 89.1. The summed E-state index contributed by atoms with van der Waals surface area (Å²) in [5, 5.41) is 55.1. The molecule has 7 atom stereocenters. The minimum atomic E-state index is -1.57. The van der Waals surface area contributed by atoms with Gasteiger partial charge in [-0.05, 0) is 103 Å². The lowest BCUT2D eigenvalue weighted by Crippen LogP contribution is -2.60. The molecule has 7 unspecified atom stereocenters. The van der Waals surface area contributed by atoms with Crippen LogP contribution >= 0.6 is 0 Å². The van der Waals surface area contributed by atoms with E-state index in [2.05, 4.69) is 165 Å². The minimum Gasteiger partial charge on any atom is -0.394 e. The Morgan fingerprint density at radius 1 is 0.368 bits per heavy atom. The fraction of sp³-hybridized carbons (Fsp3) is 0.709. The molecule has 6 N–H and O–H groups in total. The first-order valence-electron chi connectivity index (χ1n) is 39.5. The highest BCUT2D eigenvalue weighted by Gasteiger charge is 2.44. The van der Waals surface area contributed by atoms with Crippen LogP contribution in [0.1, 0.15) is 335 Å². The monoisotopic (exact) mass is 1320 g/mol. The number of allylic oxidation sites excluding steroid dienone is 24. The van der Waals surface area contributed by atoms with E-state index in [0.29, 0.717) is 12.8 Å². The summed E-state index contributed by atoms with van der Waals surface area (Å²) in [4.78, 5) is 13.2. The van der Waals surface area contributed by atoms with E-state index < -0.39 is 49.5 Å². The van der Waals surface area contributed by atoms with Gasteiger partial charge in [-0.25, -0.2) is 0 Å². The lowest BCUT2D eigenvalue weighted by molar-refractivity contribution is -0.302. The highest BCUT2D eigenvalue weighted by atomic mass is 16.7. The number of ether oxygens (including phenoxy) is 2. The average molecular weight is 1320 g/mol. The van der Waals surface area contributed by atoms with Gasteiger partial charge in [0.15, 0.2) is 6.29 Å².